The molecule has 0 aliphatic heterocycles. The van der Waals surface area contributed by atoms with Gasteiger partial charge in [0.05, 0.1) is 11.1 Å². The zero-order valence-electron chi connectivity index (χ0n) is 9.65. The quantitative estimate of drug-likeness (QED) is 0.635. The molecule has 0 aromatic carbocycles. The Hall–Kier alpha value is -2.62. The van der Waals surface area contributed by atoms with Gasteiger partial charge in [0.15, 0.2) is 0 Å². The number of hydrogen-bond acceptors (Lipinski definition) is 8. The first kappa shape index (κ1) is 12.8. The molecule has 0 aliphatic rings. The predicted molar refractivity (Wildman–Crippen MR) is 68.3 cm³/mol. The molecule has 0 spiro atoms. The van der Waals surface area contributed by atoms with Crippen LogP contribution in [0.1, 0.15) is 10.4 Å². The summed E-state index contributed by atoms with van der Waals surface area (Å²) in [4.78, 5) is 26.0. The van der Waals surface area contributed by atoms with E-state index in [4.69, 9.17) is 0 Å². The number of nitrogens with zero attached hydrogens (tertiary/aromatic N) is 4. The third-order valence-corrected chi connectivity index (χ3v) is 2.76. The number of anilines is 2. The Kier molecular flexibility index (Phi) is 3.61. The van der Waals surface area contributed by atoms with Crippen LogP contribution in [0.3, 0.4) is 0 Å². The second kappa shape index (κ2) is 5.35. The second-order valence-corrected chi connectivity index (χ2v) is 4.12. The minimum Gasteiger partial charge on any atom is -0.373 e. The molecule has 0 saturated heterocycles. The average molecular weight is 280 g/mol. The Balaban J connectivity index is 2.35. The third kappa shape index (κ3) is 2.80. The molecule has 9 nitrogen and oxygen atoms in total. The van der Waals surface area contributed by atoms with E-state index in [1.807, 2.05) is 0 Å². The van der Waals surface area contributed by atoms with Gasteiger partial charge in [0.1, 0.15) is 22.6 Å². The molecule has 0 radical (unpaired) electrons. The predicted octanol–water partition coefficient (Wildman–Crippen LogP) is 1.14. The van der Waals surface area contributed by atoms with Crippen LogP contribution in [0.5, 0.6) is 0 Å². The fraction of sp³-hybridized carbons (Fsp3) is 0.111. The highest BCUT2D eigenvalue weighted by Gasteiger charge is 2.22. The molecule has 2 N–H and O–H groups in total. The number of carbonyl (C=O) groups is 1. The molecule has 2 aromatic heterocycles. The van der Waals surface area contributed by atoms with Crippen LogP contribution in [0, 0.1) is 10.1 Å². The smallest absolute Gasteiger partial charge is 0.300 e. The van der Waals surface area contributed by atoms with E-state index < -0.39 is 10.8 Å². The van der Waals surface area contributed by atoms with Crippen LogP contribution in [0.25, 0.3) is 0 Å². The highest BCUT2D eigenvalue weighted by atomic mass is 32.1. The van der Waals surface area contributed by atoms with E-state index in [0.29, 0.717) is 10.8 Å². The van der Waals surface area contributed by atoms with Crippen molar-refractivity contribution < 1.29 is 9.72 Å². The fourth-order valence-corrected chi connectivity index (χ4v) is 1.73. The van der Waals surface area contributed by atoms with Crippen LogP contribution in [0.2, 0.25) is 0 Å². The summed E-state index contributed by atoms with van der Waals surface area (Å²) in [5.41, 5.74) is -0.452. The highest BCUT2D eigenvalue weighted by molar-refractivity contribution is 7.10. The summed E-state index contributed by atoms with van der Waals surface area (Å²) in [6.07, 6.45) is 2.39. The van der Waals surface area contributed by atoms with Crippen LogP contribution in [-0.4, -0.2) is 32.4 Å². The van der Waals surface area contributed by atoms with Crippen molar-refractivity contribution in [2.24, 2.45) is 0 Å². The summed E-state index contributed by atoms with van der Waals surface area (Å²) in [5.74, 6) is -0.255. The van der Waals surface area contributed by atoms with Gasteiger partial charge in [-0.3, -0.25) is 14.9 Å². The molecule has 19 heavy (non-hydrogen) atoms. The summed E-state index contributed by atoms with van der Waals surface area (Å²) in [6.45, 7) is 0. The maximum absolute atomic E-state index is 12.0. The van der Waals surface area contributed by atoms with Crippen LogP contribution in [0.4, 0.5) is 16.5 Å². The lowest BCUT2D eigenvalue weighted by molar-refractivity contribution is -0.385. The number of amides is 1. The molecule has 0 fully saturated rings. The monoisotopic (exact) mass is 280 g/mol. The van der Waals surface area contributed by atoms with Crippen molar-refractivity contribution in [2.75, 3.05) is 17.7 Å². The van der Waals surface area contributed by atoms with Crippen LogP contribution >= 0.6 is 11.5 Å². The van der Waals surface area contributed by atoms with Crippen LogP contribution < -0.4 is 10.6 Å². The Morgan fingerprint density at radius 3 is 2.84 bits per heavy atom. The minimum atomic E-state index is -0.660. The van der Waals surface area contributed by atoms with Crippen molar-refractivity contribution in [3.05, 3.63) is 34.1 Å². The lowest BCUT2D eigenvalue weighted by Crippen LogP contribution is -2.14. The number of nitro groups is 1. The summed E-state index contributed by atoms with van der Waals surface area (Å²) in [5, 5.41) is 20.0. The molecular formula is C9H8N6O3S. The van der Waals surface area contributed by atoms with Crippen molar-refractivity contribution in [2.45, 2.75) is 0 Å². The SMILES string of the molecule is CNc1cc(C(=O)Nc2cnns2)c([N+](=O)[O-])cn1. The molecule has 2 heterocycles. The molecule has 98 valence electrons. The van der Waals surface area contributed by atoms with E-state index in [1.54, 1.807) is 7.05 Å². The Morgan fingerprint density at radius 2 is 2.26 bits per heavy atom. The third-order valence-electron chi connectivity index (χ3n) is 2.18. The van der Waals surface area contributed by atoms with E-state index in [0.717, 1.165) is 17.7 Å². The largest absolute Gasteiger partial charge is 0.373 e. The molecule has 0 unspecified atom stereocenters. The second-order valence-electron chi connectivity index (χ2n) is 3.33. The van der Waals surface area contributed by atoms with Crippen molar-refractivity contribution in [1.29, 1.82) is 0 Å². The molecule has 2 rings (SSSR count). The Labute approximate surface area is 111 Å². The number of rotatable bonds is 4. The maximum Gasteiger partial charge on any atom is 0.300 e. The first-order chi connectivity index (χ1) is 9.11. The van der Waals surface area contributed by atoms with E-state index in [2.05, 4.69) is 25.2 Å². The topological polar surface area (TPSA) is 123 Å². The van der Waals surface area contributed by atoms with E-state index >= 15 is 0 Å². The van der Waals surface area contributed by atoms with E-state index in [9.17, 15) is 14.9 Å². The van der Waals surface area contributed by atoms with Crippen molar-refractivity contribution >= 4 is 33.9 Å². The van der Waals surface area contributed by atoms with Crippen molar-refractivity contribution in [3.63, 3.8) is 0 Å². The molecule has 0 atom stereocenters. The average Bonchev–Trinajstić information content (AvgIpc) is 2.90. The van der Waals surface area contributed by atoms with Gasteiger partial charge in [0.2, 0.25) is 0 Å². The molecule has 0 saturated carbocycles. The maximum atomic E-state index is 12.0. The summed E-state index contributed by atoms with van der Waals surface area (Å²) < 4.78 is 3.58. The minimum absolute atomic E-state index is 0.0854. The zero-order chi connectivity index (χ0) is 13.8. The van der Waals surface area contributed by atoms with Gasteiger partial charge in [-0.25, -0.2) is 4.98 Å². The lowest BCUT2D eigenvalue weighted by atomic mass is 10.2. The molecule has 1 amide bonds. The first-order valence-electron chi connectivity index (χ1n) is 5.02. The van der Waals surface area contributed by atoms with E-state index in [-0.39, 0.29) is 11.3 Å². The van der Waals surface area contributed by atoms with Gasteiger partial charge in [-0.2, -0.15) is 0 Å². The normalized spacial score (nSPS) is 9.95. The van der Waals surface area contributed by atoms with Gasteiger partial charge < -0.3 is 10.6 Å². The first-order valence-corrected chi connectivity index (χ1v) is 5.80. The Morgan fingerprint density at radius 1 is 1.47 bits per heavy atom. The highest BCUT2D eigenvalue weighted by Crippen LogP contribution is 2.22. The van der Waals surface area contributed by atoms with Gasteiger partial charge in [-0.05, 0) is 0 Å². The molecule has 0 bridgehead atoms. The number of hydrogen-bond donors (Lipinski definition) is 2. The number of aromatic nitrogens is 3. The summed E-state index contributed by atoms with van der Waals surface area (Å²) in [6, 6.07) is 1.31. The van der Waals surface area contributed by atoms with Gasteiger partial charge in [0, 0.05) is 24.6 Å². The van der Waals surface area contributed by atoms with Crippen LogP contribution in [-0.2, 0) is 0 Å². The molecule has 10 heteroatoms. The van der Waals surface area contributed by atoms with Gasteiger partial charge >= 0.3 is 0 Å². The van der Waals surface area contributed by atoms with E-state index in [1.165, 1.54) is 12.3 Å². The molecule has 0 aliphatic carbocycles. The van der Waals surface area contributed by atoms with Crippen molar-refractivity contribution in [3.8, 4) is 0 Å². The number of carbonyl (C=O) groups excluding carboxylic acids is 1. The number of nitrogens with one attached hydrogen (secondary N) is 2. The fourth-order valence-electron chi connectivity index (χ4n) is 1.31. The number of pyridine rings is 1. The van der Waals surface area contributed by atoms with Gasteiger partial charge in [0.25, 0.3) is 11.6 Å². The standard InChI is InChI=1S/C9H8N6O3S/c1-10-7-2-5(6(3-11-7)15(17)18)9(16)13-8-4-12-14-19-8/h2-4H,1H3,(H,10,11)(H,13,16). The Bertz CT molecular complexity index is 614. The van der Waals surface area contributed by atoms with Gasteiger partial charge in [-0.1, -0.05) is 4.49 Å². The van der Waals surface area contributed by atoms with Crippen LogP contribution in [0.15, 0.2) is 18.5 Å². The molecule has 2 aromatic rings. The molecular weight excluding hydrogens is 272 g/mol. The van der Waals surface area contributed by atoms with Gasteiger partial charge in [-0.15, -0.1) is 5.10 Å². The van der Waals surface area contributed by atoms with Crippen molar-refractivity contribution in [1.82, 2.24) is 14.6 Å². The zero-order valence-corrected chi connectivity index (χ0v) is 10.5. The summed E-state index contributed by atoms with van der Waals surface area (Å²) >= 11 is 0.976. The summed E-state index contributed by atoms with van der Waals surface area (Å²) in [7, 11) is 1.60. The lowest BCUT2D eigenvalue weighted by Gasteiger charge is -2.05.